The molecule has 0 radical (unpaired) electrons. The summed E-state index contributed by atoms with van der Waals surface area (Å²) in [4.78, 5) is 15.5. The second kappa shape index (κ2) is 6.89. The predicted octanol–water partition coefficient (Wildman–Crippen LogP) is 1.96. The van der Waals surface area contributed by atoms with Gasteiger partial charge in [0.1, 0.15) is 0 Å². The number of amides is 1. The van der Waals surface area contributed by atoms with Crippen molar-refractivity contribution in [1.82, 2.24) is 9.62 Å². The summed E-state index contributed by atoms with van der Waals surface area (Å²) in [6, 6.07) is 3.52. The lowest BCUT2D eigenvalue weighted by Gasteiger charge is -2.25. The van der Waals surface area contributed by atoms with E-state index in [1.165, 1.54) is 0 Å². The normalized spacial score (nSPS) is 16.7. The highest BCUT2D eigenvalue weighted by atomic mass is 32.2. The molecule has 1 fully saturated rings. The van der Waals surface area contributed by atoms with Crippen LogP contribution in [0.5, 0.6) is 0 Å². The molecule has 1 heterocycles. The van der Waals surface area contributed by atoms with Crippen molar-refractivity contribution in [2.75, 3.05) is 5.75 Å². The zero-order chi connectivity index (χ0) is 15.5. The van der Waals surface area contributed by atoms with Crippen molar-refractivity contribution in [2.45, 2.75) is 51.7 Å². The molecule has 1 aliphatic carbocycles. The molecular formula is C14H22N2O3S2. The Kier molecular flexibility index (Phi) is 5.40. The summed E-state index contributed by atoms with van der Waals surface area (Å²) in [5, 5.41) is 1.98. The molecule has 1 amide bonds. The fourth-order valence-corrected chi connectivity index (χ4v) is 4.24. The molecule has 1 N–H and O–H groups in total. The van der Waals surface area contributed by atoms with Gasteiger partial charge in [-0.2, -0.15) is 0 Å². The monoisotopic (exact) mass is 330 g/mol. The van der Waals surface area contributed by atoms with Crippen molar-refractivity contribution in [3.8, 4) is 0 Å². The second-order valence-corrected chi connectivity index (χ2v) is 8.34. The Hall–Kier alpha value is -0.920. The van der Waals surface area contributed by atoms with Crippen molar-refractivity contribution in [3.05, 3.63) is 22.4 Å². The maximum absolute atomic E-state index is 12.5. The predicted molar refractivity (Wildman–Crippen MR) is 84.6 cm³/mol. The lowest BCUT2D eigenvalue weighted by Crippen LogP contribution is -2.47. The quantitative estimate of drug-likeness (QED) is 0.792. The van der Waals surface area contributed by atoms with Crippen LogP contribution in [0.3, 0.4) is 0 Å². The van der Waals surface area contributed by atoms with Gasteiger partial charge >= 0.3 is 0 Å². The van der Waals surface area contributed by atoms with Gasteiger partial charge in [-0.1, -0.05) is 13.0 Å². The number of sulfonamides is 1. The van der Waals surface area contributed by atoms with Gasteiger partial charge < -0.3 is 4.90 Å². The van der Waals surface area contributed by atoms with Crippen LogP contribution in [-0.4, -0.2) is 37.1 Å². The third kappa shape index (κ3) is 4.79. The number of carbonyl (C=O) groups excluding carboxylic acids is 1. The van der Waals surface area contributed by atoms with E-state index in [1.54, 1.807) is 25.2 Å². The molecule has 118 valence electrons. The van der Waals surface area contributed by atoms with Gasteiger partial charge in [0.05, 0.1) is 18.3 Å². The van der Waals surface area contributed by atoms with E-state index < -0.39 is 16.1 Å². The third-order valence-electron chi connectivity index (χ3n) is 3.38. The Morgan fingerprint density at radius 3 is 2.76 bits per heavy atom. The SMILES string of the molecule is CCCS(=O)(=O)N[C@@H](C)C(=O)N(Cc1cccs1)C1CC1. The molecule has 0 aromatic carbocycles. The Labute approximate surface area is 130 Å². The maximum Gasteiger partial charge on any atom is 0.241 e. The lowest BCUT2D eigenvalue weighted by atomic mass is 10.3. The van der Waals surface area contributed by atoms with Crippen LogP contribution in [0.25, 0.3) is 0 Å². The first-order chi connectivity index (χ1) is 9.93. The van der Waals surface area contributed by atoms with Crippen LogP contribution in [0, 0.1) is 0 Å². The molecule has 1 atom stereocenters. The molecule has 0 unspecified atom stereocenters. The number of nitrogens with one attached hydrogen (secondary N) is 1. The number of rotatable bonds is 8. The van der Waals surface area contributed by atoms with Crippen LogP contribution in [0.1, 0.15) is 38.0 Å². The van der Waals surface area contributed by atoms with E-state index in [0.29, 0.717) is 13.0 Å². The maximum atomic E-state index is 12.5. The van der Waals surface area contributed by atoms with E-state index in [4.69, 9.17) is 0 Å². The largest absolute Gasteiger partial charge is 0.333 e. The van der Waals surface area contributed by atoms with Gasteiger partial charge in [0.2, 0.25) is 15.9 Å². The summed E-state index contributed by atoms with van der Waals surface area (Å²) in [6.07, 6.45) is 2.55. The first kappa shape index (κ1) is 16.5. The van der Waals surface area contributed by atoms with Gasteiger partial charge in [-0.3, -0.25) is 4.79 Å². The van der Waals surface area contributed by atoms with E-state index in [9.17, 15) is 13.2 Å². The van der Waals surface area contributed by atoms with Gasteiger partial charge in [0, 0.05) is 10.9 Å². The van der Waals surface area contributed by atoms with Gasteiger partial charge in [-0.15, -0.1) is 11.3 Å². The van der Waals surface area contributed by atoms with E-state index in [0.717, 1.165) is 17.7 Å². The minimum atomic E-state index is -3.37. The molecule has 0 bridgehead atoms. The molecular weight excluding hydrogens is 308 g/mol. The molecule has 21 heavy (non-hydrogen) atoms. The molecule has 7 heteroatoms. The number of hydrogen-bond donors (Lipinski definition) is 1. The van der Waals surface area contributed by atoms with Crippen molar-refractivity contribution in [1.29, 1.82) is 0 Å². The van der Waals surface area contributed by atoms with Crippen molar-refractivity contribution in [2.24, 2.45) is 0 Å². The van der Waals surface area contributed by atoms with Gasteiger partial charge in [-0.25, -0.2) is 13.1 Å². The molecule has 0 aliphatic heterocycles. The van der Waals surface area contributed by atoms with E-state index in [-0.39, 0.29) is 17.7 Å². The minimum absolute atomic E-state index is 0.0545. The van der Waals surface area contributed by atoms with Gasteiger partial charge in [0.25, 0.3) is 0 Å². The van der Waals surface area contributed by atoms with E-state index in [1.807, 2.05) is 22.4 Å². The molecule has 0 spiro atoms. The fourth-order valence-electron chi connectivity index (χ4n) is 2.24. The van der Waals surface area contributed by atoms with Crippen LogP contribution < -0.4 is 4.72 Å². The number of thiophene rings is 1. The summed E-state index contributed by atoms with van der Waals surface area (Å²) >= 11 is 1.61. The van der Waals surface area contributed by atoms with E-state index >= 15 is 0 Å². The summed E-state index contributed by atoms with van der Waals surface area (Å²) in [6.45, 7) is 4.00. The van der Waals surface area contributed by atoms with Crippen LogP contribution in [0.4, 0.5) is 0 Å². The standard InChI is InChI=1S/C14H22N2O3S2/c1-3-9-21(18,19)15-11(2)14(17)16(12-6-7-12)10-13-5-4-8-20-13/h4-5,8,11-12,15H,3,6-7,9-10H2,1-2H3/t11-/m0/s1. The highest BCUT2D eigenvalue weighted by Gasteiger charge is 2.35. The first-order valence-corrected chi connectivity index (χ1v) is 9.79. The fraction of sp³-hybridized carbons (Fsp3) is 0.643. The van der Waals surface area contributed by atoms with Crippen molar-refractivity contribution in [3.63, 3.8) is 0 Å². The van der Waals surface area contributed by atoms with Gasteiger partial charge in [-0.05, 0) is 37.6 Å². The van der Waals surface area contributed by atoms with E-state index in [2.05, 4.69) is 4.72 Å². The number of carbonyl (C=O) groups is 1. The average Bonchev–Trinajstić information content (AvgIpc) is 3.11. The Morgan fingerprint density at radius 1 is 1.52 bits per heavy atom. The van der Waals surface area contributed by atoms with Crippen LogP contribution >= 0.6 is 11.3 Å². The summed E-state index contributed by atoms with van der Waals surface area (Å²) in [7, 11) is -3.37. The zero-order valence-corrected chi connectivity index (χ0v) is 14.0. The highest BCUT2D eigenvalue weighted by molar-refractivity contribution is 7.89. The van der Waals surface area contributed by atoms with Crippen molar-refractivity contribution >= 4 is 27.3 Å². The minimum Gasteiger partial charge on any atom is -0.333 e. The first-order valence-electron chi connectivity index (χ1n) is 7.26. The molecule has 1 saturated carbocycles. The molecule has 1 aromatic rings. The smallest absolute Gasteiger partial charge is 0.241 e. The van der Waals surface area contributed by atoms with Crippen molar-refractivity contribution < 1.29 is 13.2 Å². The van der Waals surface area contributed by atoms with Crippen LogP contribution in [0.15, 0.2) is 17.5 Å². The average molecular weight is 330 g/mol. The Bertz CT molecular complexity index is 565. The lowest BCUT2D eigenvalue weighted by molar-refractivity contribution is -0.133. The molecule has 5 nitrogen and oxygen atoms in total. The molecule has 1 aromatic heterocycles. The second-order valence-electron chi connectivity index (χ2n) is 5.44. The summed E-state index contributed by atoms with van der Waals surface area (Å²) in [5.41, 5.74) is 0. The number of nitrogens with zero attached hydrogens (tertiary/aromatic N) is 1. The Balaban J connectivity index is 2.01. The molecule has 2 rings (SSSR count). The van der Waals surface area contributed by atoms with Gasteiger partial charge in [0.15, 0.2) is 0 Å². The third-order valence-corrected chi connectivity index (χ3v) is 5.90. The Morgan fingerprint density at radius 2 is 2.24 bits per heavy atom. The number of hydrogen-bond acceptors (Lipinski definition) is 4. The molecule has 0 saturated heterocycles. The summed E-state index contributed by atoms with van der Waals surface area (Å²) < 4.78 is 26.1. The summed E-state index contributed by atoms with van der Waals surface area (Å²) in [5.74, 6) is -0.0792. The van der Waals surface area contributed by atoms with Crippen LogP contribution in [0.2, 0.25) is 0 Å². The zero-order valence-electron chi connectivity index (χ0n) is 12.4. The topological polar surface area (TPSA) is 66.5 Å². The van der Waals surface area contributed by atoms with Crippen LogP contribution in [-0.2, 0) is 21.4 Å². The highest BCUT2D eigenvalue weighted by Crippen LogP contribution is 2.29. The molecule has 1 aliphatic rings.